The van der Waals surface area contributed by atoms with Crippen LogP contribution in [-0.4, -0.2) is 9.49 Å². The van der Waals surface area contributed by atoms with Gasteiger partial charge in [-0.25, -0.2) is 0 Å². The summed E-state index contributed by atoms with van der Waals surface area (Å²) in [6, 6.07) is 2.74. The lowest BCUT2D eigenvalue weighted by atomic mass is 10.2. The molecule has 0 saturated carbocycles. The van der Waals surface area contributed by atoms with Crippen LogP contribution in [-0.2, 0) is 6.54 Å². The van der Waals surface area contributed by atoms with Crippen molar-refractivity contribution in [2.45, 2.75) is 20.4 Å². The Hall–Kier alpha value is -1.65. The molecule has 1 aromatic heterocycles. The Balaban J connectivity index is 3.15. The van der Waals surface area contributed by atoms with Gasteiger partial charge in [0.05, 0.1) is 4.92 Å². The fraction of sp³-hybridized carbons (Fsp3) is 0.444. The first kappa shape index (κ1) is 10.4. The third-order valence-electron chi connectivity index (χ3n) is 1.76. The molecule has 0 aliphatic rings. The van der Waals surface area contributed by atoms with Gasteiger partial charge in [0.1, 0.15) is 0 Å². The summed E-state index contributed by atoms with van der Waals surface area (Å²) in [5.41, 5.74) is -0.903. The normalized spacial score (nSPS) is 10.5. The number of nitrogens with zero attached hydrogens (tertiary/aromatic N) is 2. The molecule has 0 amide bonds. The molecule has 1 aromatic rings. The molecule has 0 unspecified atom stereocenters. The van der Waals surface area contributed by atoms with Gasteiger partial charge in [-0.15, -0.1) is 0 Å². The number of aromatic nitrogens is 1. The lowest BCUT2D eigenvalue weighted by Crippen LogP contribution is -2.23. The first-order valence-corrected chi connectivity index (χ1v) is 4.36. The lowest BCUT2D eigenvalue weighted by Gasteiger charge is -2.07. The summed E-state index contributed by atoms with van der Waals surface area (Å²) in [5, 5.41) is 10.5. The van der Waals surface area contributed by atoms with Crippen LogP contribution in [0.5, 0.6) is 0 Å². The van der Waals surface area contributed by atoms with Crippen molar-refractivity contribution < 1.29 is 4.92 Å². The van der Waals surface area contributed by atoms with E-state index in [1.807, 2.05) is 13.8 Å². The van der Waals surface area contributed by atoms with E-state index in [4.69, 9.17) is 0 Å². The SMILES string of the molecule is CC(C)Cn1cccc([N+](=O)[O-])c1=O. The average molecular weight is 196 g/mol. The predicted octanol–water partition coefficient (Wildman–Crippen LogP) is 1.41. The molecule has 0 aliphatic heterocycles. The molecular formula is C9H12N2O3. The molecule has 0 aliphatic carbocycles. The first-order chi connectivity index (χ1) is 6.52. The minimum atomic E-state index is -0.654. The summed E-state index contributed by atoms with van der Waals surface area (Å²) in [6.07, 6.45) is 1.56. The van der Waals surface area contributed by atoms with Crippen molar-refractivity contribution >= 4 is 5.69 Å². The van der Waals surface area contributed by atoms with E-state index in [0.29, 0.717) is 6.54 Å². The van der Waals surface area contributed by atoms with E-state index < -0.39 is 10.5 Å². The summed E-state index contributed by atoms with van der Waals surface area (Å²) in [6.45, 7) is 4.40. The molecular weight excluding hydrogens is 184 g/mol. The highest BCUT2D eigenvalue weighted by Crippen LogP contribution is 2.03. The molecule has 0 spiro atoms. The molecule has 14 heavy (non-hydrogen) atoms. The van der Waals surface area contributed by atoms with Crippen LogP contribution < -0.4 is 5.56 Å². The van der Waals surface area contributed by atoms with Gasteiger partial charge in [-0.2, -0.15) is 0 Å². The second kappa shape index (κ2) is 4.04. The van der Waals surface area contributed by atoms with E-state index in [-0.39, 0.29) is 11.6 Å². The smallest absolute Gasteiger partial charge is 0.309 e. The molecule has 0 N–H and O–H groups in total. The van der Waals surface area contributed by atoms with Crippen LogP contribution >= 0.6 is 0 Å². The standard InChI is InChI=1S/C9H12N2O3/c1-7(2)6-10-5-3-4-8(9(10)12)11(13)14/h3-5,7H,6H2,1-2H3. The zero-order valence-corrected chi connectivity index (χ0v) is 8.14. The van der Waals surface area contributed by atoms with E-state index >= 15 is 0 Å². The van der Waals surface area contributed by atoms with Gasteiger partial charge in [0, 0.05) is 18.8 Å². The molecule has 0 saturated heterocycles. The van der Waals surface area contributed by atoms with Crippen molar-refractivity contribution in [1.82, 2.24) is 4.57 Å². The Morgan fingerprint density at radius 2 is 2.21 bits per heavy atom. The Morgan fingerprint density at radius 1 is 1.57 bits per heavy atom. The topological polar surface area (TPSA) is 65.1 Å². The highest BCUT2D eigenvalue weighted by atomic mass is 16.6. The van der Waals surface area contributed by atoms with Gasteiger partial charge < -0.3 is 4.57 Å². The van der Waals surface area contributed by atoms with Gasteiger partial charge in [0.15, 0.2) is 0 Å². The zero-order chi connectivity index (χ0) is 10.7. The van der Waals surface area contributed by atoms with Crippen molar-refractivity contribution in [3.8, 4) is 0 Å². The lowest BCUT2D eigenvalue weighted by molar-refractivity contribution is -0.386. The molecule has 1 heterocycles. The Morgan fingerprint density at radius 3 is 2.71 bits per heavy atom. The Kier molecular flexibility index (Phi) is 3.01. The van der Waals surface area contributed by atoms with Gasteiger partial charge in [-0.05, 0) is 12.0 Å². The van der Waals surface area contributed by atoms with Crippen molar-refractivity contribution in [2.75, 3.05) is 0 Å². The molecule has 76 valence electrons. The van der Waals surface area contributed by atoms with E-state index in [1.165, 1.54) is 16.7 Å². The quantitative estimate of drug-likeness (QED) is 0.542. The molecule has 0 radical (unpaired) electrons. The molecule has 5 nitrogen and oxygen atoms in total. The zero-order valence-electron chi connectivity index (χ0n) is 8.14. The maximum absolute atomic E-state index is 11.5. The van der Waals surface area contributed by atoms with Gasteiger partial charge in [0.2, 0.25) is 0 Å². The Labute approximate surface area is 81.1 Å². The number of rotatable bonds is 3. The molecule has 0 fully saturated rings. The van der Waals surface area contributed by atoms with Crippen molar-refractivity contribution in [2.24, 2.45) is 5.92 Å². The van der Waals surface area contributed by atoms with Crippen LogP contribution in [0.4, 0.5) is 5.69 Å². The maximum atomic E-state index is 11.5. The van der Waals surface area contributed by atoms with Crippen molar-refractivity contribution in [3.63, 3.8) is 0 Å². The highest BCUT2D eigenvalue weighted by Gasteiger charge is 2.13. The number of hydrogen-bond donors (Lipinski definition) is 0. The summed E-state index contributed by atoms with van der Waals surface area (Å²) in [7, 11) is 0. The predicted molar refractivity (Wildman–Crippen MR) is 52.2 cm³/mol. The summed E-state index contributed by atoms with van der Waals surface area (Å²) in [5.74, 6) is 0.287. The summed E-state index contributed by atoms with van der Waals surface area (Å²) >= 11 is 0. The van der Waals surface area contributed by atoms with E-state index in [2.05, 4.69) is 0 Å². The second-order valence-electron chi connectivity index (χ2n) is 3.50. The second-order valence-corrected chi connectivity index (χ2v) is 3.50. The molecule has 5 heteroatoms. The third-order valence-corrected chi connectivity index (χ3v) is 1.76. The number of hydrogen-bond acceptors (Lipinski definition) is 3. The molecule has 0 atom stereocenters. The van der Waals surface area contributed by atoms with Crippen LogP contribution in [0.2, 0.25) is 0 Å². The highest BCUT2D eigenvalue weighted by molar-refractivity contribution is 5.24. The van der Waals surface area contributed by atoms with Crippen molar-refractivity contribution in [1.29, 1.82) is 0 Å². The minimum absolute atomic E-state index is 0.287. The fourth-order valence-corrected chi connectivity index (χ4v) is 1.20. The van der Waals surface area contributed by atoms with E-state index in [1.54, 1.807) is 6.20 Å². The minimum Gasteiger partial charge on any atom is -0.309 e. The van der Waals surface area contributed by atoms with E-state index in [0.717, 1.165) is 0 Å². The van der Waals surface area contributed by atoms with Crippen molar-refractivity contribution in [3.05, 3.63) is 38.8 Å². The van der Waals surface area contributed by atoms with Gasteiger partial charge in [-0.1, -0.05) is 13.8 Å². The van der Waals surface area contributed by atoms with Gasteiger partial charge in [0.25, 0.3) is 0 Å². The summed E-state index contributed by atoms with van der Waals surface area (Å²) in [4.78, 5) is 21.3. The van der Waals surface area contributed by atoms with Crippen LogP contribution in [0.1, 0.15) is 13.8 Å². The first-order valence-electron chi connectivity index (χ1n) is 4.36. The molecule has 0 aromatic carbocycles. The molecule has 1 rings (SSSR count). The molecule has 0 bridgehead atoms. The number of pyridine rings is 1. The Bertz CT molecular complexity index is 395. The van der Waals surface area contributed by atoms with Crippen LogP contribution in [0, 0.1) is 16.0 Å². The average Bonchev–Trinajstić information content (AvgIpc) is 2.07. The third kappa shape index (κ3) is 2.18. The van der Waals surface area contributed by atoms with Crippen LogP contribution in [0.15, 0.2) is 23.1 Å². The van der Waals surface area contributed by atoms with E-state index in [9.17, 15) is 14.9 Å². The van der Waals surface area contributed by atoms with Crippen LogP contribution in [0.25, 0.3) is 0 Å². The fourth-order valence-electron chi connectivity index (χ4n) is 1.20. The number of nitro groups is 1. The van der Waals surface area contributed by atoms with Gasteiger partial charge in [-0.3, -0.25) is 14.9 Å². The van der Waals surface area contributed by atoms with Crippen LogP contribution in [0.3, 0.4) is 0 Å². The summed E-state index contributed by atoms with van der Waals surface area (Å²) < 4.78 is 1.36. The van der Waals surface area contributed by atoms with Gasteiger partial charge >= 0.3 is 11.2 Å². The maximum Gasteiger partial charge on any atom is 0.334 e. The largest absolute Gasteiger partial charge is 0.334 e. The monoisotopic (exact) mass is 196 g/mol.